The van der Waals surface area contributed by atoms with E-state index in [-0.39, 0.29) is 29.8 Å². The molecule has 2 aromatic heterocycles. The number of sulfonamides is 1. The number of aromatic nitrogens is 3. The first kappa shape index (κ1) is 24.7. The molecule has 0 radical (unpaired) electrons. The van der Waals surface area contributed by atoms with Crippen LogP contribution in [0, 0.1) is 12.8 Å². The average molecular weight is 546 g/mol. The second-order valence-corrected chi connectivity index (χ2v) is 11.9. The van der Waals surface area contributed by atoms with Gasteiger partial charge in [-0.2, -0.15) is 14.1 Å². The van der Waals surface area contributed by atoms with Crippen LogP contribution in [0.25, 0.3) is 15.3 Å². The number of halogens is 1. The summed E-state index contributed by atoms with van der Waals surface area (Å²) in [6, 6.07) is 13.6. The number of fused-ring (bicyclic) bond motifs is 1. The number of carbonyl (C=O) groups is 1. The molecule has 4 aromatic rings. The topological polar surface area (TPSA) is 106 Å². The van der Waals surface area contributed by atoms with E-state index in [0.29, 0.717) is 34.6 Å². The number of nitrogens with one attached hydrogen (secondary N) is 1. The van der Waals surface area contributed by atoms with E-state index >= 15 is 0 Å². The predicted octanol–water partition coefficient (Wildman–Crippen LogP) is 4.49. The van der Waals surface area contributed by atoms with E-state index < -0.39 is 10.0 Å². The van der Waals surface area contributed by atoms with Gasteiger partial charge in [-0.1, -0.05) is 22.9 Å². The summed E-state index contributed by atoms with van der Waals surface area (Å²) < 4.78 is 35.2. The Morgan fingerprint density at radius 2 is 1.86 bits per heavy atom. The summed E-state index contributed by atoms with van der Waals surface area (Å²) >= 11 is 7.35. The van der Waals surface area contributed by atoms with E-state index in [1.807, 2.05) is 25.1 Å². The fourth-order valence-corrected chi connectivity index (χ4v) is 6.70. The Bertz CT molecular complexity index is 1520. The van der Waals surface area contributed by atoms with Crippen molar-refractivity contribution in [3.05, 3.63) is 59.2 Å². The zero-order valence-electron chi connectivity index (χ0n) is 19.6. The van der Waals surface area contributed by atoms with Crippen LogP contribution in [0.4, 0.5) is 5.82 Å². The van der Waals surface area contributed by atoms with Gasteiger partial charge >= 0.3 is 0 Å². The molecule has 0 atom stereocenters. The Hall–Kier alpha value is -2.99. The van der Waals surface area contributed by atoms with E-state index in [2.05, 4.69) is 15.4 Å². The number of benzene rings is 2. The molecule has 3 heterocycles. The number of piperidine rings is 1. The van der Waals surface area contributed by atoms with Gasteiger partial charge in [0.2, 0.25) is 21.1 Å². The van der Waals surface area contributed by atoms with Gasteiger partial charge in [-0.25, -0.2) is 13.4 Å². The van der Waals surface area contributed by atoms with Crippen LogP contribution in [0.2, 0.25) is 5.02 Å². The van der Waals surface area contributed by atoms with E-state index in [4.69, 9.17) is 16.3 Å². The molecule has 9 nitrogen and oxygen atoms in total. The van der Waals surface area contributed by atoms with Gasteiger partial charge in [0.05, 0.1) is 27.9 Å². The van der Waals surface area contributed by atoms with Crippen LogP contribution < -0.4 is 10.1 Å². The van der Waals surface area contributed by atoms with Crippen LogP contribution >= 0.6 is 22.9 Å². The van der Waals surface area contributed by atoms with Crippen LogP contribution in [-0.2, 0) is 14.8 Å². The Labute approximate surface area is 217 Å². The zero-order chi connectivity index (χ0) is 25.4. The molecular weight excluding hydrogens is 522 g/mol. The number of hydrogen-bond acceptors (Lipinski definition) is 7. The first-order chi connectivity index (χ1) is 17.2. The molecule has 1 aliphatic heterocycles. The van der Waals surface area contributed by atoms with E-state index in [1.165, 1.54) is 27.8 Å². The first-order valence-corrected chi connectivity index (χ1v) is 14.0. The molecule has 0 aliphatic carbocycles. The van der Waals surface area contributed by atoms with Crippen molar-refractivity contribution in [2.75, 3.05) is 25.5 Å². The van der Waals surface area contributed by atoms with Gasteiger partial charge < -0.3 is 10.1 Å². The number of carbonyl (C=O) groups excluding carboxylic acids is 1. The molecule has 0 saturated carbocycles. The number of nitrogens with zero attached hydrogens (tertiary/aromatic N) is 4. The second-order valence-electron chi connectivity index (χ2n) is 8.53. The molecule has 1 fully saturated rings. The summed E-state index contributed by atoms with van der Waals surface area (Å²) in [6.07, 6.45) is 0.847. The average Bonchev–Trinajstić information content (AvgIpc) is 3.46. The molecule has 1 N–H and O–H groups in total. The van der Waals surface area contributed by atoms with Crippen molar-refractivity contribution in [3.63, 3.8) is 0 Å². The normalized spacial score (nSPS) is 15.3. The molecule has 0 spiro atoms. The minimum absolute atomic E-state index is 0.164. The minimum atomic E-state index is -3.63. The molecule has 1 amide bonds. The van der Waals surface area contributed by atoms with E-state index in [0.717, 1.165) is 15.9 Å². The molecular formula is C24H24ClN5O4S2. The van der Waals surface area contributed by atoms with Gasteiger partial charge in [0.1, 0.15) is 11.6 Å². The minimum Gasteiger partial charge on any atom is -0.497 e. The number of rotatable bonds is 6. The molecule has 188 valence electrons. The SMILES string of the molecule is COc1ccc2sc(-n3nc(C)cc3NC(=O)C3CCN(S(=O)(=O)c4ccc(Cl)cc4)CC3)nc2c1. The summed E-state index contributed by atoms with van der Waals surface area (Å²) in [5, 5.41) is 8.61. The van der Waals surface area contributed by atoms with Crippen LogP contribution in [0.1, 0.15) is 18.5 Å². The van der Waals surface area contributed by atoms with E-state index in [1.54, 1.807) is 30.0 Å². The summed E-state index contributed by atoms with van der Waals surface area (Å²) in [6.45, 7) is 2.38. The lowest BCUT2D eigenvalue weighted by atomic mass is 9.97. The number of methoxy groups -OCH3 is 1. The van der Waals surface area contributed by atoms with Gasteiger partial charge in [0.15, 0.2) is 0 Å². The maximum absolute atomic E-state index is 13.1. The summed E-state index contributed by atoms with van der Waals surface area (Å²) in [5.74, 6) is 0.765. The maximum atomic E-state index is 13.1. The van der Waals surface area contributed by atoms with Crippen LogP contribution in [0.15, 0.2) is 53.4 Å². The monoisotopic (exact) mass is 545 g/mol. The van der Waals surface area contributed by atoms with Crippen molar-refractivity contribution < 1.29 is 17.9 Å². The molecule has 36 heavy (non-hydrogen) atoms. The fourth-order valence-electron chi connectivity index (χ4n) is 4.19. The molecule has 0 unspecified atom stereocenters. The molecule has 1 saturated heterocycles. The van der Waals surface area contributed by atoms with Crippen molar-refractivity contribution in [2.45, 2.75) is 24.7 Å². The summed E-state index contributed by atoms with van der Waals surface area (Å²) in [4.78, 5) is 18.0. The highest BCUT2D eigenvalue weighted by Crippen LogP contribution is 2.31. The van der Waals surface area contributed by atoms with Gasteiger partial charge in [-0.15, -0.1) is 0 Å². The van der Waals surface area contributed by atoms with Crippen molar-refractivity contribution >= 4 is 54.9 Å². The van der Waals surface area contributed by atoms with Crippen molar-refractivity contribution in [1.29, 1.82) is 0 Å². The highest BCUT2D eigenvalue weighted by Gasteiger charge is 2.32. The number of anilines is 1. The van der Waals surface area contributed by atoms with E-state index in [9.17, 15) is 13.2 Å². The standard InChI is InChI=1S/C24H24ClN5O4S2/c1-15-13-22(30(28-15)24-26-20-14-18(34-2)5-8-21(20)35-24)27-23(31)16-9-11-29(12-10-16)36(32,33)19-6-3-17(25)4-7-19/h3-8,13-14,16H,9-12H2,1-2H3,(H,27,31). The van der Waals surface area contributed by atoms with Crippen LogP contribution in [0.3, 0.4) is 0 Å². The van der Waals surface area contributed by atoms with Crippen LogP contribution in [-0.4, -0.2) is 53.6 Å². The van der Waals surface area contributed by atoms with Gasteiger partial charge in [0.25, 0.3) is 0 Å². The summed E-state index contributed by atoms with van der Waals surface area (Å²) in [5.41, 5.74) is 1.53. The lowest BCUT2D eigenvalue weighted by Crippen LogP contribution is -2.41. The number of amides is 1. The third-order valence-corrected chi connectivity index (χ3v) is 9.30. The third kappa shape index (κ3) is 4.83. The smallest absolute Gasteiger partial charge is 0.243 e. The Kier molecular flexibility index (Phi) is 6.73. The number of hydrogen-bond donors (Lipinski definition) is 1. The van der Waals surface area contributed by atoms with Gasteiger partial charge in [0, 0.05) is 36.2 Å². The molecule has 2 aromatic carbocycles. The Balaban J connectivity index is 1.28. The second kappa shape index (κ2) is 9.81. The molecule has 1 aliphatic rings. The lowest BCUT2D eigenvalue weighted by Gasteiger charge is -2.30. The van der Waals surface area contributed by atoms with Crippen molar-refractivity contribution in [3.8, 4) is 10.9 Å². The maximum Gasteiger partial charge on any atom is 0.243 e. The number of thiazole rings is 1. The van der Waals surface area contributed by atoms with Crippen molar-refractivity contribution in [1.82, 2.24) is 19.1 Å². The van der Waals surface area contributed by atoms with Crippen LogP contribution in [0.5, 0.6) is 5.75 Å². The van der Waals surface area contributed by atoms with Gasteiger partial charge in [-0.05, 0) is 56.2 Å². The lowest BCUT2D eigenvalue weighted by molar-refractivity contribution is -0.120. The largest absolute Gasteiger partial charge is 0.497 e. The number of aryl methyl sites for hydroxylation is 1. The predicted molar refractivity (Wildman–Crippen MR) is 140 cm³/mol. The molecule has 12 heteroatoms. The quantitative estimate of drug-likeness (QED) is 0.382. The first-order valence-electron chi connectivity index (χ1n) is 11.3. The zero-order valence-corrected chi connectivity index (χ0v) is 22.0. The third-order valence-electron chi connectivity index (χ3n) is 6.12. The van der Waals surface area contributed by atoms with Gasteiger partial charge in [-0.3, -0.25) is 4.79 Å². The Morgan fingerprint density at radius 3 is 2.56 bits per heavy atom. The highest BCUT2D eigenvalue weighted by molar-refractivity contribution is 7.89. The summed E-state index contributed by atoms with van der Waals surface area (Å²) in [7, 11) is -2.02. The fraction of sp³-hybridized carbons (Fsp3) is 0.292. The highest BCUT2D eigenvalue weighted by atomic mass is 35.5. The Morgan fingerprint density at radius 1 is 1.14 bits per heavy atom. The molecule has 5 rings (SSSR count). The molecule has 0 bridgehead atoms. The number of ether oxygens (including phenoxy) is 1. The van der Waals surface area contributed by atoms with Crippen molar-refractivity contribution in [2.24, 2.45) is 5.92 Å².